The molecule has 1 aliphatic rings. The Bertz CT molecular complexity index is 876. The number of hydrogen-bond acceptors (Lipinski definition) is 6. The molecule has 1 aromatic carbocycles. The molecule has 2 heterocycles. The Kier molecular flexibility index (Phi) is 4.06. The van der Waals surface area contributed by atoms with Gasteiger partial charge in [-0.15, -0.1) is 0 Å². The highest BCUT2D eigenvalue weighted by atomic mass is 32.1. The van der Waals surface area contributed by atoms with Gasteiger partial charge in [-0.1, -0.05) is 28.5 Å². The van der Waals surface area contributed by atoms with Gasteiger partial charge in [0, 0.05) is 17.1 Å². The number of aromatic nitrogens is 1. The number of aryl methyl sites for hydroxylation is 1. The monoisotopic (exact) mass is 346 g/mol. The van der Waals surface area contributed by atoms with Gasteiger partial charge in [0.1, 0.15) is 0 Å². The summed E-state index contributed by atoms with van der Waals surface area (Å²) in [6.45, 7) is 3.76. The Morgan fingerprint density at radius 1 is 1.08 bits per heavy atom. The summed E-state index contributed by atoms with van der Waals surface area (Å²) in [5.74, 6) is -2.08. The van der Waals surface area contributed by atoms with Gasteiger partial charge in [0.05, 0.1) is 17.5 Å². The molecule has 0 radical (unpaired) electrons. The molecule has 8 heteroatoms. The van der Waals surface area contributed by atoms with Crippen molar-refractivity contribution in [2.45, 2.75) is 26.8 Å². The normalized spacial score (nSPS) is 13.3. The zero-order chi connectivity index (χ0) is 17.4. The van der Waals surface area contributed by atoms with E-state index in [1.807, 2.05) is 6.92 Å². The number of hydrogen-bond donors (Lipinski definition) is 0. The van der Waals surface area contributed by atoms with Crippen molar-refractivity contribution in [3.63, 3.8) is 0 Å². The zero-order valence-electron chi connectivity index (χ0n) is 13.1. The van der Waals surface area contributed by atoms with Crippen LogP contribution in [-0.2, 0) is 16.2 Å². The van der Waals surface area contributed by atoms with Crippen LogP contribution >= 0.6 is 11.3 Å². The Morgan fingerprint density at radius 3 is 2.17 bits per heavy atom. The van der Waals surface area contributed by atoms with Crippen LogP contribution in [0.2, 0.25) is 0 Å². The van der Waals surface area contributed by atoms with Crippen LogP contribution in [0.1, 0.15) is 37.7 Å². The van der Waals surface area contributed by atoms with Gasteiger partial charge in [0.25, 0.3) is 11.8 Å². The molecule has 0 spiro atoms. The van der Waals surface area contributed by atoms with E-state index in [0.717, 1.165) is 21.9 Å². The summed E-state index contributed by atoms with van der Waals surface area (Å²) in [7, 11) is 0. The Labute approximate surface area is 141 Å². The second-order valence-electron chi connectivity index (χ2n) is 5.32. The largest absolute Gasteiger partial charge is 0.335 e. The van der Waals surface area contributed by atoms with Gasteiger partial charge >= 0.3 is 10.8 Å². The van der Waals surface area contributed by atoms with Crippen molar-refractivity contribution >= 4 is 29.1 Å². The second kappa shape index (κ2) is 6.04. The van der Waals surface area contributed by atoms with Gasteiger partial charge in [0.2, 0.25) is 0 Å². The van der Waals surface area contributed by atoms with Crippen LogP contribution < -0.4 is 4.87 Å². The van der Waals surface area contributed by atoms with E-state index >= 15 is 0 Å². The minimum Gasteiger partial charge on any atom is -0.330 e. The highest BCUT2D eigenvalue weighted by molar-refractivity contribution is 7.09. The zero-order valence-corrected chi connectivity index (χ0v) is 13.9. The molecule has 3 rings (SSSR count). The summed E-state index contributed by atoms with van der Waals surface area (Å²) in [6, 6.07) is 6.26. The van der Waals surface area contributed by atoms with Gasteiger partial charge in [-0.3, -0.25) is 14.4 Å². The van der Waals surface area contributed by atoms with Crippen LogP contribution in [0.5, 0.6) is 0 Å². The quantitative estimate of drug-likeness (QED) is 0.786. The molecule has 0 saturated carbocycles. The predicted molar refractivity (Wildman–Crippen MR) is 85.7 cm³/mol. The minimum absolute atomic E-state index is 0.121. The van der Waals surface area contributed by atoms with Crippen molar-refractivity contribution in [2.24, 2.45) is 0 Å². The van der Waals surface area contributed by atoms with Crippen molar-refractivity contribution in [1.29, 1.82) is 0 Å². The first-order valence-corrected chi connectivity index (χ1v) is 8.07. The van der Waals surface area contributed by atoms with E-state index in [-0.39, 0.29) is 29.0 Å². The third-order valence-corrected chi connectivity index (χ3v) is 4.86. The molecule has 0 aliphatic carbocycles. The molecule has 0 saturated heterocycles. The first kappa shape index (κ1) is 16.1. The van der Waals surface area contributed by atoms with Gasteiger partial charge in [0.15, 0.2) is 0 Å². The van der Waals surface area contributed by atoms with Crippen LogP contribution in [0.4, 0.5) is 0 Å². The standard InChI is InChI=1S/C16H14N2O5S/c1-9-10(2)24-16(22)17(9)8-7-13(19)23-18-14(20)11-5-3-4-6-12(11)15(18)21/h3-6H,7-8H2,1-2H3. The maximum absolute atomic E-state index is 12.1. The van der Waals surface area contributed by atoms with Crippen LogP contribution in [0, 0.1) is 13.8 Å². The molecule has 7 nitrogen and oxygen atoms in total. The van der Waals surface area contributed by atoms with Crippen LogP contribution in [0.15, 0.2) is 29.1 Å². The molecule has 0 fully saturated rings. The number of nitrogens with zero attached hydrogens (tertiary/aromatic N) is 2. The number of fused-ring (bicyclic) bond motifs is 1. The second-order valence-corrected chi connectivity index (χ2v) is 6.49. The van der Waals surface area contributed by atoms with Crippen molar-refractivity contribution in [3.8, 4) is 0 Å². The van der Waals surface area contributed by atoms with E-state index in [2.05, 4.69) is 0 Å². The lowest BCUT2D eigenvalue weighted by atomic mass is 10.1. The maximum atomic E-state index is 12.1. The molecule has 2 aromatic rings. The van der Waals surface area contributed by atoms with E-state index < -0.39 is 17.8 Å². The molecule has 1 aromatic heterocycles. The van der Waals surface area contributed by atoms with Gasteiger partial charge < -0.3 is 9.40 Å². The van der Waals surface area contributed by atoms with E-state index in [9.17, 15) is 19.2 Å². The molecular formula is C16H14N2O5S. The first-order chi connectivity index (χ1) is 11.4. The molecule has 0 N–H and O–H groups in total. The average molecular weight is 346 g/mol. The fourth-order valence-electron chi connectivity index (χ4n) is 2.45. The molecule has 0 unspecified atom stereocenters. The average Bonchev–Trinajstić information content (AvgIpc) is 2.94. The van der Waals surface area contributed by atoms with Crippen LogP contribution in [0.25, 0.3) is 0 Å². The molecule has 2 amide bonds. The lowest BCUT2D eigenvalue weighted by Gasteiger charge is -2.13. The topological polar surface area (TPSA) is 85.7 Å². The van der Waals surface area contributed by atoms with Gasteiger partial charge in [-0.05, 0) is 26.0 Å². The lowest BCUT2D eigenvalue weighted by molar-refractivity contribution is -0.168. The number of carbonyl (C=O) groups is 3. The smallest absolute Gasteiger partial charge is 0.330 e. The first-order valence-electron chi connectivity index (χ1n) is 7.25. The number of amides is 2. The summed E-state index contributed by atoms with van der Waals surface area (Å²) in [6.07, 6.45) is -0.121. The predicted octanol–water partition coefficient (Wildman–Crippen LogP) is 1.67. The summed E-state index contributed by atoms with van der Waals surface area (Å²) >= 11 is 1.11. The Hall–Kier alpha value is -2.74. The number of imide groups is 1. The summed E-state index contributed by atoms with van der Waals surface area (Å²) in [4.78, 5) is 53.6. The van der Waals surface area contributed by atoms with Crippen LogP contribution in [-0.4, -0.2) is 27.4 Å². The van der Waals surface area contributed by atoms with E-state index in [0.29, 0.717) is 5.06 Å². The van der Waals surface area contributed by atoms with Crippen LogP contribution in [0.3, 0.4) is 0 Å². The number of carbonyl (C=O) groups excluding carboxylic acids is 3. The minimum atomic E-state index is -0.750. The van der Waals surface area contributed by atoms with E-state index in [4.69, 9.17) is 4.84 Å². The van der Waals surface area contributed by atoms with Crippen molar-refractivity contribution in [1.82, 2.24) is 9.63 Å². The molecule has 124 valence electrons. The highest BCUT2D eigenvalue weighted by Crippen LogP contribution is 2.22. The number of hydroxylamine groups is 2. The van der Waals surface area contributed by atoms with Crippen molar-refractivity contribution in [2.75, 3.05) is 0 Å². The number of benzene rings is 1. The maximum Gasteiger partial charge on any atom is 0.335 e. The Balaban J connectivity index is 1.67. The Morgan fingerprint density at radius 2 is 1.67 bits per heavy atom. The molecule has 1 aliphatic heterocycles. The summed E-state index contributed by atoms with van der Waals surface area (Å²) in [5.41, 5.74) is 1.20. The van der Waals surface area contributed by atoms with E-state index in [1.54, 1.807) is 19.1 Å². The summed E-state index contributed by atoms with van der Waals surface area (Å²) < 4.78 is 1.48. The fraction of sp³-hybridized carbons (Fsp3) is 0.250. The van der Waals surface area contributed by atoms with Crippen molar-refractivity contribution < 1.29 is 19.2 Å². The number of rotatable bonds is 4. The van der Waals surface area contributed by atoms with E-state index in [1.165, 1.54) is 16.7 Å². The SMILES string of the molecule is Cc1sc(=O)n(CCC(=O)ON2C(=O)c3ccccc3C2=O)c1C. The molecule has 24 heavy (non-hydrogen) atoms. The fourth-order valence-corrected chi connectivity index (χ4v) is 3.30. The summed E-state index contributed by atoms with van der Waals surface area (Å²) in [5, 5.41) is 0.474. The molecule has 0 bridgehead atoms. The number of thiazole rings is 1. The highest BCUT2D eigenvalue weighted by Gasteiger charge is 2.38. The lowest BCUT2D eigenvalue weighted by Crippen LogP contribution is -2.33. The molecular weight excluding hydrogens is 332 g/mol. The van der Waals surface area contributed by atoms with Crippen molar-refractivity contribution in [3.05, 3.63) is 55.6 Å². The third-order valence-electron chi connectivity index (χ3n) is 3.86. The molecule has 0 atom stereocenters. The third kappa shape index (κ3) is 2.65. The van der Waals surface area contributed by atoms with Gasteiger partial charge in [-0.25, -0.2) is 4.79 Å². The van der Waals surface area contributed by atoms with Gasteiger partial charge in [-0.2, -0.15) is 0 Å².